The van der Waals surface area contributed by atoms with Crippen LogP contribution in [0.1, 0.15) is 38.2 Å². The van der Waals surface area contributed by atoms with Gasteiger partial charge in [-0.3, -0.25) is 4.57 Å². The summed E-state index contributed by atoms with van der Waals surface area (Å²) in [6.45, 7) is 4.85. The summed E-state index contributed by atoms with van der Waals surface area (Å²) >= 11 is 0. The molecule has 3 aromatic rings. The summed E-state index contributed by atoms with van der Waals surface area (Å²) in [6, 6.07) is 8.12. The van der Waals surface area contributed by atoms with Crippen molar-refractivity contribution in [1.29, 1.82) is 0 Å². The van der Waals surface area contributed by atoms with Gasteiger partial charge in [0.2, 0.25) is 5.65 Å². The summed E-state index contributed by atoms with van der Waals surface area (Å²) < 4.78 is 2.84. The largest absolute Gasteiger partial charge is 0.407 e. The van der Waals surface area contributed by atoms with Crippen LogP contribution in [0.4, 0.5) is 0 Å². The van der Waals surface area contributed by atoms with E-state index >= 15 is 0 Å². The van der Waals surface area contributed by atoms with Crippen molar-refractivity contribution in [1.82, 2.24) is 19.3 Å². The molecule has 0 spiro atoms. The fourth-order valence-corrected chi connectivity index (χ4v) is 3.00. The van der Waals surface area contributed by atoms with E-state index in [4.69, 9.17) is 4.84 Å². The van der Waals surface area contributed by atoms with Crippen LogP contribution in [0, 0.1) is 5.92 Å². The summed E-state index contributed by atoms with van der Waals surface area (Å²) in [6.07, 6.45) is 4.04. The van der Waals surface area contributed by atoms with Gasteiger partial charge in [-0.15, -0.1) is 4.73 Å². The minimum Gasteiger partial charge on any atom is -0.407 e. The highest BCUT2D eigenvalue weighted by Gasteiger charge is 2.24. The van der Waals surface area contributed by atoms with Crippen molar-refractivity contribution in [2.24, 2.45) is 13.0 Å². The molecule has 0 N–H and O–H groups in total. The molecule has 0 aliphatic heterocycles. The second-order valence-corrected chi connectivity index (χ2v) is 7.02. The molecule has 4 rings (SSSR count). The number of hydrogen-bond donors (Lipinski definition) is 0. The first-order valence-corrected chi connectivity index (χ1v) is 8.73. The van der Waals surface area contributed by atoms with Gasteiger partial charge in [-0.05, 0) is 30.2 Å². The van der Waals surface area contributed by atoms with E-state index in [0.29, 0.717) is 35.4 Å². The molecule has 6 nitrogen and oxygen atoms in total. The lowest BCUT2D eigenvalue weighted by Gasteiger charge is -2.11. The van der Waals surface area contributed by atoms with Crippen LogP contribution in [-0.2, 0) is 7.05 Å². The van der Waals surface area contributed by atoms with Gasteiger partial charge in [-0.25, -0.2) is 14.8 Å². The van der Waals surface area contributed by atoms with E-state index in [1.807, 2.05) is 18.2 Å². The molecule has 1 fully saturated rings. The summed E-state index contributed by atoms with van der Waals surface area (Å²) in [5.41, 5.74) is 3.15. The summed E-state index contributed by atoms with van der Waals surface area (Å²) in [7, 11) is 1.72. The third-order valence-corrected chi connectivity index (χ3v) is 4.72. The van der Waals surface area contributed by atoms with E-state index in [9.17, 15) is 4.79 Å². The average molecular weight is 338 g/mol. The fraction of sp³-hybridized carbons (Fsp3) is 0.421. The topological polar surface area (TPSA) is 61.9 Å². The average Bonchev–Trinajstić information content (AvgIpc) is 3.41. The normalized spacial score (nSPS) is 14.4. The van der Waals surface area contributed by atoms with E-state index in [-0.39, 0.29) is 5.69 Å². The number of rotatable bonds is 5. The molecule has 1 saturated carbocycles. The molecule has 2 aromatic heterocycles. The van der Waals surface area contributed by atoms with Gasteiger partial charge in [0.1, 0.15) is 12.1 Å². The second-order valence-electron chi connectivity index (χ2n) is 7.02. The Morgan fingerprint density at radius 1 is 1.28 bits per heavy atom. The van der Waals surface area contributed by atoms with Crippen molar-refractivity contribution in [2.75, 3.05) is 6.61 Å². The lowest BCUT2D eigenvalue weighted by molar-refractivity contribution is 0.100. The van der Waals surface area contributed by atoms with Gasteiger partial charge in [-0.1, -0.05) is 38.1 Å². The molecule has 1 aromatic carbocycles. The van der Waals surface area contributed by atoms with E-state index in [2.05, 4.69) is 29.9 Å². The number of benzene rings is 1. The maximum absolute atomic E-state index is 12.5. The third-order valence-electron chi connectivity index (χ3n) is 4.72. The van der Waals surface area contributed by atoms with Crippen molar-refractivity contribution >= 4 is 11.2 Å². The minimum absolute atomic E-state index is 0.223. The maximum Gasteiger partial charge on any atom is 0.363 e. The summed E-state index contributed by atoms with van der Waals surface area (Å²) in [5.74, 6) is 1.54. The number of nitrogens with zero attached hydrogens (tertiary/aromatic N) is 4. The van der Waals surface area contributed by atoms with Gasteiger partial charge in [0.15, 0.2) is 5.82 Å². The van der Waals surface area contributed by atoms with E-state index in [0.717, 1.165) is 5.56 Å². The predicted molar refractivity (Wildman–Crippen MR) is 96.5 cm³/mol. The predicted octanol–water partition coefficient (Wildman–Crippen LogP) is 2.76. The molecule has 0 radical (unpaired) electrons. The first-order valence-electron chi connectivity index (χ1n) is 8.73. The van der Waals surface area contributed by atoms with E-state index in [1.54, 1.807) is 13.2 Å². The van der Waals surface area contributed by atoms with E-state index < -0.39 is 0 Å². The Balaban J connectivity index is 1.84. The van der Waals surface area contributed by atoms with Gasteiger partial charge in [-0.2, -0.15) is 0 Å². The number of imidazole rings is 1. The standard InChI is InChI=1S/C19H22N4O2/c1-12(2)14-6-4-5-7-15(14)17-20-10-16-18(21-17)23(19(24)22(16)3)25-11-13-8-9-13/h4-7,10,12-13H,8-9,11H2,1-3H3. The molecule has 1 aliphatic rings. The van der Waals surface area contributed by atoms with Crippen molar-refractivity contribution in [2.45, 2.75) is 32.6 Å². The van der Waals surface area contributed by atoms with Gasteiger partial charge >= 0.3 is 5.69 Å². The molecule has 2 heterocycles. The Labute approximate surface area is 146 Å². The Hall–Kier alpha value is -2.63. The Morgan fingerprint density at radius 2 is 2.04 bits per heavy atom. The molecular formula is C19H22N4O2. The number of fused-ring (bicyclic) bond motifs is 1. The molecule has 0 unspecified atom stereocenters. The Bertz CT molecular complexity index is 983. The van der Waals surface area contributed by atoms with Gasteiger partial charge in [0.25, 0.3) is 0 Å². The molecule has 0 bridgehead atoms. The van der Waals surface area contributed by atoms with Crippen molar-refractivity contribution in [3.8, 4) is 11.4 Å². The summed E-state index contributed by atoms with van der Waals surface area (Å²) in [4.78, 5) is 27.4. The van der Waals surface area contributed by atoms with Crippen LogP contribution in [-0.4, -0.2) is 25.9 Å². The Morgan fingerprint density at radius 3 is 2.76 bits per heavy atom. The minimum atomic E-state index is -0.223. The van der Waals surface area contributed by atoms with Crippen molar-refractivity contribution in [3.05, 3.63) is 46.5 Å². The number of aromatic nitrogens is 4. The van der Waals surface area contributed by atoms with Crippen LogP contribution < -0.4 is 10.5 Å². The molecular weight excluding hydrogens is 316 g/mol. The molecule has 1 aliphatic carbocycles. The van der Waals surface area contributed by atoms with Crippen molar-refractivity contribution in [3.63, 3.8) is 0 Å². The fourth-order valence-electron chi connectivity index (χ4n) is 3.00. The Kier molecular flexibility index (Phi) is 3.82. The van der Waals surface area contributed by atoms with Gasteiger partial charge < -0.3 is 4.84 Å². The number of aryl methyl sites for hydroxylation is 1. The zero-order chi connectivity index (χ0) is 17.6. The van der Waals surface area contributed by atoms with Crippen LogP contribution in [0.25, 0.3) is 22.6 Å². The molecule has 25 heavy (non-hydrogen) atoms. The zero-order valence-corrected chi connectivity index (χ0v) is 14.8. The third kappa shape index (κ3) is 2.81. The van der Waals surface area contributed by atoms with Crippen LogP contribution in [0.15, 0.2) is 35.3 Å². The molecule has 0 saturated heterocycles. The van der Waals surface area contributed by atoms with Gasteiger partial charge in [0.05, 0.1) is 6.20 Å². The first kappa shape index (κ1) is 15.9. The highest BCUT2D eigenvalue weighted by Crippen LogP contribution is 2.29. The van der Waals surface area contributed by atoms with Crippen LogP contribution in [0.2, 0.25) is 0 Å². The molecule has 6 heteroatoms. The monoisotopic (exact) mass is 338 g/mol. The molecule has 0 amide bonds. The van der Waals surface area contributed by atoms with Gasteiger partial charge in [0, 0.05) is 12.6 Å². The second kappa shape index (κ2) is 6.02. The number of hydrogen-bond acceptors (Lipinski definition) is 4. The van der Waals surface area contributed by atoms with Crippen LogP contribution >= 0.6 is 0 Å². The first-order chi connectivity index (χ1) is 12.1. The zero-order valence-electron chi connectivity index (χ0n) is 14.8. The quantitative estimate of drug-likeness (QED) is 0.718. The lowest BCUT2D eigenvalue weighted by Crippen LogP contribution is -2.29. The van der Waals surface area contributed by atoms with Crippen molar-refractivity contribution < 1.29 is 4.84 Å². The smallest absolute Gasteiger partial charge is 0.363 e. The van der Waals surface area contributed by atoms with Crippen LogP contribution in [0.3, 0.4) is 0 Å². The maximum atomic E-state index is 12.5. The SMILES string of the molecule is CC(C)c1ccccc1-c1ncc2c(n1)n(OCC1CC1)c(=O)n2C. The van der Waals surface area contributed by atoms with E-state index in [1.165, 1.54) is 27.7 Å². The highest BCUT2D eigenvalue weighted by atomic mass is 16.7. The molecule has 0 atom stereocenters. The highest BCUT2D eigenvalue weighted by molar-refractivity contribution is 5.74. The lowest BCUT2D eigenvalue weighted by atomic mass is 9.97. The summed E-state index contributed by atoms with van der Waals surface area (Å²) in [5, 5.41) is 0. The molecule has 130 valence electrons. The van der Waals surface area contributed by atoms with Crippen LogP contribution in [0.5, 0.6) is 0 Å².